The van der Waals surface area contributed by atoms with Crippen LogP contribution in [0.4, 0.5) is 0 Å². The first-order valence-corrected chi connectivity index (χ1v) is 7.60. The second-order valence-electron chi connectivity index (χ2n) is 6.18. The molecule has 3 heteroatoms. The van der Waals surface area contributed by atoms with Crippen LogP contribution in [0.1, 0.15) is 63.9 Å². The predicted molar refractivity (Wildman–Crippen MR) is 78.2 cm³/mol. The van der Waals surface area contributed by atoms with Crippen LogP contribution in [0.2, 0.25) is 0 Å². The molecule has 0 radical (unpaired) electrons. The Labute approximate surface area is 114 Å². The van der Waals surface area contributed by atoms with E-state index in [2.05, 4.69) is 34.5 Å². The third-order valence-corrected chi connectivity index (χ3v) is 4.70. The summed E-state index contributed by atoms with van der Waals surface area (Å²) in [6.45, 7) is 2.42. The molecule has 0 unspecified atom stereocenters. The average Bonchev–Trinajstić information content (AvgIpc) is 2.91. The van der Waals surface area contributed by atoms with Crippen molar-refractivity contribution in [3.63, 3.8) is 0 Å². The number of rotatable bonds is 1. The Morgan fingerprint density at radius 2 is 1.63 bits per heavy atom. The van der Waals surface area contributed by atoms with E-state index in [1.54, 1.807) is 0 Å². The van der Waals surface area contributed by atoms with E-state index in [1.165, 1.54) is 56.9 Å². The summed E-state index contributed by atoms with van der Waals surface area (Å²) in [7, 11) is 0. The minimum Gasteiger partial charge on any atom is -0.197 e. The molecule has 0 saturated heterocycles. The molecule has 2 aromatic rings. The molecule has 1 aromatic carbocycles. The lowest BCUT2D eigenvalue weighted by Gasteiger charge is -2.30. The Bertz CT molecular complexity index is 534. The maximum Gasteiger partial charge on any atom is 0.116 e. The van der Waals surface area contributed by atoms with Gasteiger partial charge < -0.3 is 0 Å². The molecule has 1 aliphatic rings. The normalized spacial score (nSPS) is 20.7. The first kappa shape index (κ1) is 12.6. The van der Waals surface area contributed by atoms with Crippen LogP contribution >= 0.6 is 0 Å². The van der Waals surface area contributed by atoms with Gasteiger partial charge in [-0.1, -0.05) is 57.6 Å². The minimum atomic E-state index is 0.265. The van der Waals surface area contributed by atoms with Crippen molar-refractivity contribution in [1.82, 2.24) is 15.4 Å². The zero-order valence-electron chi connectivity index (χ0n) is 11.8. The fourth-order valence-corrected chi connectivity index (χ4v) is 3.49. The van der Waals surface area contributed by atoms with Crippen LogP contribution in [-0.4, -0.2) is 15.4 Å². The Kier molecular flexibility index (Phi) is 3.54. The van der Waals surface area contributed by atoms with E-state index in [0.717, 1.165) is 11.0 Å². The van der Waals surface area contributed by atoms with Gasteiger partial charge in [0.1, 0.15) is 11.0 Å². The molecule has 0 amide bonds. The molecule has 1 N–H and O–H groups in total. The van der Waals surface area contributed by atoms with Crippen molar-refractivity contribution in [3.8, 4) is 0 Å². The van der Waals surface area contributed by atoms with E-state index >= 15 is 0 Å². The number of hydrogen-bond donors (Lipinski definition) is 1. The number of aromatic amines is 1. The number of fused-ring (bicyclic) bond motifs is 1. The fraction of sp³-hybridized carbons (Fsp3) is 0.625. The topological polar surface area (TPSA) is 41.6 Å². The van der Waals surface area contributed by atoms with Crippen molar-refractivity contribution >= 4 is 11.0 Å². The first-order valence-electron chi connectivity index (χ1n) is 7.60. The zero-order valence-corrected chi connectivity index (χ0v) is 11.8. The van der Waals surface area contributed by atoms with E-state index < -0.39 is 0 Å². The van der Waals surface area contributed by atoms with Gasteiger partial charge >= 0.3 is 0 Å². The van der Waals surface area contributed by atoms with Crippen LogP contribution in [-0.2, 0) is 5.41 Å². The van der Waals surface area contributed by atoms with E-state index in [-0.39, 0.29) is 5.41 Å². The molecule has 0 aliphatic heterocycles. The highest BCUT2D eigenvalue weighted by molar-refractivity contribution is 5.78. The molecule has 1 heterocycles. The molecule has 0 spiro atoms. The van der Waals surface area contributed by atoms with E-state index in [0.29, 0.717) is 0 Å². The summed E-state index contributed by atoms with van der Waals surface area (Å²) in [6.07, 6.45) is 10.8. The number of H-pyrrole nitrogens is 1. The first-order chi connectivity index (χ1) is 9.30. The Morgan fingerprint density at radius 1 is 0.947 bits per heavy atom. The number of nitrogens with one attached hydrogen (secondary N) is 1. The summed E-state index contributed by atoms with van der Waals surface area (Å²) in [5.74, 6) is 0. The molecule has 102 valence electrons. The Hall–Kier alpha value is -1.38. The summed E-state index contributed by atoms with van der Waals surface area (Å²) in [6, 6.07) is 6.42. The molecule has 1 fully saturated rings. The zero-order chi connectivity index (χ0) is 13.1. The smallest absolute Gasteiger partial charge is 0.116 e. The van der Waals surface area contributed by atoms with Crippen molar-refractivity contribution in [3.05, 3.63) is 23.8 Å². The van der Waals surface area contributed by atoms with E-state index in [9.17, 15) is 0 Å². The molecule has 1 aromatic heterocycles. The summed E-state index contributed by atoms with van der Waals surface area (Å²) < 4.78 is 0. The van der Waals surface area contributed by atoms with Crippen molar-refractivity contribution in [2.24, 2.45) is 0 Å². The largest absolute Gasteiger partial charge is 0.197 e. The van der Waals surface area contributed by atoms with Crippen LogP contribution in [0.25, 0.3) is 11.0 Å². The average molecular weight is 257 g/mol. The van der Waals surface area contributed by atoms with Crippen LogP contribution < -0.4 is 0 Å². The molecule has 0 bridgehead atoms. The molecular formula is C16H23N3. The highest BCUT2D eigenvalue weighted by Gasteiger charge is 2.29. The van der Waals surface area contributed by atoms with Crippen LogP contribution in [0.3, 0.4) is 0 Å². The lowest BCUT2D eigenvalue weighted by molar-refractivity contribution is 0.383. The summed E-state index contributed by atoms with van der Waals surface area (Å²) in [5, 5.41) is 11.4. The van der Waals surface area contributed by atoms with Crippen LogP contribution in [0, 0.1) is 0 Å². The molecule has 0 atom stereocenters. The van der Waals surface area contributed by atoms with Crippen LogP contribution in [0.15, 0.2) is 18.2 Å². The van der Waals surface area contributed by atoms with Gasteiger partial charge in [-0.2, -0.15) is 15.4 Å². The molecule has 19 heavy (non-hydrogen) atoms. The number of aromatic nitrogens is 3. The van der Waals surface area contributed by atoms with Gasteiger partial charge in [-0.15, -0.1) is 0 Å². The molecule has 1 saturated carbocycles. The maximum absolute atomic E-state index is 4.38. The fourth-order valence-electron chi connectivity index (χ4n) is 3.49. The minimum absolute atomic E-state index is 0.265. The maximum atomic E-state index is 4.38. The second-order valence-corrected chi connectivity index (χ2v) is 6.18. The van der Waals surface area contributed by atoms with Gasteiger partial charge in [0.05, 0.1) is 0 Å². The Morgan fingerprint density at radius 3 is 2.37 bits per heavy atom. The number of para-hydroxylation sites is 1. The quantitative estimate of drug-likeness (QED) is 0.825. The van der Waals surface area contributed by atoms with Crippen LogP contribution in [0.5, 0.6) is 0 Å². The van der Waals surface area contributed by atoms with Crippen molar-refractivity contribution in [1.29, 1.82) is 0 Å². The molecule has 3 nitrogen and oxygen atoms in total. The van der Waals surface area contributed by atoms with Gasteiger partial charge in [-0.05, 0) is 29.9 Å². The van der Waals surface area contributed by atoms with Gasteiger partial charge in [0.2, 0.25) is 0 Å². The van der Waals surface area contributed by atoms with Gasteiger partial charge in [-0.25, -0.2) is 0 Å². The molecule has 1 aliphatic carbocycles. The molecule has 3 rings (SSSR count). The Balaban J connectivity index is 1.98. The lowest BCUT2D eigenvalue weighted by atomic mass is 9.74. The second kappa shape index (κ2) is 5.32. The lowest BCUT2D eigenvalue weighted by Crippen LogP contribution is -2.22. The SMILES string of the molecule is CC1(c2cccc3n[nH]nc23)CCCCCCCC1. The number of hydrogen-bond acceptors (Lipinski definition) is 2. The highest BCUT2D eigenvalue weighted by atomic mass is 15.3. The van der Waals surface area contributed by atoms with Crippen molar-refractivity contribution < 1.29 is 0 Å². The van der Waals surface area contributed by atoms with Crippen molar-refractivity contribution in [2.45, 2.75) is 63.7 Å². The van der Waals surface area contributed by atoms with Gasteiger partial charge in [-0.3, -0.25) is 0 Å². The third kappa shape index (κ3) is 2.51. The van der Waals surface area contributed by atoms with Gasteiger partial charge in [0, 0.05) is 0 Å². The monoisotopic (exact) mass is 257 g/mol. The summed E-state index contributed by atoms with van der Waals surface area (Å²) in [4.78, 5) is 0. The number of benzene rings is 1. The molecular weight excluding hydrogens is 234 g/mol. The van der Waals surface area contributed by atoms with Crippen molar-refractivity contribution in [2.75, 3.05) is 0 Å². The predicted octanol–water partition coefficient (Wildman–Crippen LogP) is 4.35. The summed E-state index contributed by atoms with van der Waals surface area (Å²) >= 11 is 0. The number of nitrogens with zero attached hydrogens (tertiary/aromatic N) is 2. The van der Waals surface area contributed by atoms with E-state index in [4.69, 9.17) is 0 Å². The van der Waals surface area contributed by atoms with Gasteiger partial charge in [0.25, 0.3) is 0 Å². The standard InChI is InChI=1S/C16H23N3/c1-16(11-6-4-2-3-5-7-12-16)13-9-8-10-14-15(13)18-19-17-14/h8-10H,2-7,11-12H2,1H3,(H,17,18,19). The van der Waals surface area contributed by atoms with Gasteiger partial charge in [0.15, 0.2) is 0 Å². The highest BCUT2D eigenvalue weighted by Crippen LogP contribution is 2.39. The third-order valence-electron chi connectivity index (χ3n) is 4.70. The van der Waals surface area contributed by atoms with E-state index in [1.807, 2.05) is 6.07 Å². The summed E-state index contributed by atoms with van der Waals surface area (Å²) in [5.41, 5.74) is 3.73.